The molecule has 2 atom stereocenters. The summed E-state index contributed by atoms with van der Waals surface area (Å²) in [6.07, 6.45) is 6.53. The van der Waals surface area contributed by atoms with Crippen LogP contribution in [0.15, 0.2) is 0 Å². The van der Waals surface area contributed by atoms with Gasteiger partial charge in [0.25, 0.3) is 0 Å². The van der Waals surface area contributed by atoms with E-state index in [1.165, 1.54) is 25.7 Å². The third-order valence-electron chi connectivity index (χ3n) is 4.20. The van der Waals surface area contributed by atoms with Crippen molar-refractivity contribution in [1.82, 2.24) is 10.2 Å². The van der Waals surface area contributed by atoms with Gasteiger partial charge in [0.1, 0.15) is 0 Å². The predicted octanol–water partition coefficient (Wildman–Crippen LogP) is 0.748. The molecule has 2 fully saturated rings. The lowest BCUT2D eigenvalue weighted by molar-refractivity contribution is -0.138. The first-order valence-electron chi connectivity index (χ1n) is 6.85. The molecule has 1 saturated carbocycles. The van der Waals surface area contributed by atoms with Crippen molar-refractivity contribution in [3.05, 3.63) is 0 Å². The molecule has 2 rings (SSSR count). The van der Waals surface area contributed by atoms with Crippen molar-refractivity contribution in [2.45, 2.75) is 50.7 Å². The average Bonchev–Trinajstić information content (AvgIpc) is 2.60. The molecule has 1 aliphatic heterocycles. The van der Waals surface area contributed by atoms with Crippen LogP contribution in [0.2, 0.25) is 0 Å². The van der Waals surface area contributed by atoms with Crippen LogP contribution in [0.5, 0.6) is 0 Å². The van der Waals surface area contributed by atoms with Gasteiger partial charge in [-0.15, -0.1) is 0 Å². The molecule has 4 heteroatoms. The number of amides is 1. The number of aliphatic hydroxyl groups excluding tert-OH is 1. The molecule has 0 aromatic carbocycles. The van der Waals surface area contributed by atoms with Gasteiger partial charge in [0.15, 0.2) is 0 Å². The number of carbonyl (C=O) groups excluding carboxylic acids is 1. The van der Waals surface area contributed by atoms with Crippen molar-refractivity contribution in [1.29, 1.82) is 0 Å². The molecule has 1 amide bonds. The zero-order valence-electron chi connectivity index (χ0n) is 10.7. The summed E-state index contributed by atoms with van der Waals surface area (Å²) in [7, 11) is 1.84. The SMILES string of the molecule is CN(C(=O)C1CCCCCC1)[C@@H]1CNC[C@H]1O. The van der Waals surface area contributed by atoms with E-state index in [2.05, 4.69) is 5.32 Å². The van der Waals surface area contributed by atoms with E-state index in [9.17, 15) is 9.90 Å². The van der Waals surface area contributed by atoms with Crippen LogP contribution in [-0.4, -0.2) is 48.2 Å². The van der Waals surface area contributed by atoms with Gasteiger partial charge >= 0.3 is 0 Å². The van der Waals surface area contributed by atoms with Crippen molar-refractivity contribution >= 4 is 5.91 Å². The molecule has 0 unspecified atom stereocenters. The number of aliphatic hydroxyl groups is 1. The number of nitrogens with one attached hydrogen (secondary N) is 1. The average molecular weight is 240 g/mol. The molecule has 2 aliphatic rings. The topological polar surface area (TPSA) is 52.6 Å². The Morgan fingerprint density at radius 1 is 1.18 bits per heavy atom. The van der Waals surface area contributed by atoms with E-state index in [0.717, 1.165) is 19.4 Å². The largest absolute Gasteiger partial charge is 0.390 e. The second-order valence-corrected chi connectivity index (χ2v) is 5.43. The van der Waals surface area contributed by atoms with Gasteiger partial charge in [-0.05, 0) is 12.8 Å². The smallest absolute Gasteiger partial charge is 0.225 e. The van der Waals surface area contributed by atoms with E-state index in [1.807, 2.05) is 7.05 Å². The number of hydrogen-bond donors (Lipinski definition) is 2. The van der Waals surface area contributed by atoms with Crippen LogP contribution >= 0.6 is 0 Å². The Morgan fingerprint density at radius 3 is 2.35 bits per heavy atom. The van der Waals surface area contributed by atoms with Crippen LogP contribution in [0, 0.1) is 5.92 Å². The third kappa shape index (κ3) is 2.99. The molecule has 1 aliphatic carbocycles. The van der Waals surface area contributed by atoms with Gasteiger partial charge in [0.05, 0.1) is 12.1 Å². The summed E-state index contributed by atoms with van der Waals surface area (Å²) < 4.78 is 0. The van der Waals surface area contributed by atoms with Crippen molar-refractivity contribution in [2.75, 3.05) is 20.1 Å². The van der Waals surface area contributed by atoms with Crippen LogP contribution in [0.3, 0.4) is 0 Å². The fourth-order valence-electron chi connectivity index (χ4n) is 3.02. The van der Waals surface area contributed by atoms with Gasteiger partial charge in [-0.3, -0.25) is 4.79 Å². The highest BCUT2D eigenvalue weighted by molar-refractivity contribution is 5.79. The highest BCUT2D eigenvalue weighted by atomic mass is 16.3. The van der Waals surface area contributed by atoms with Gasteiger partial charge in [-0.25, -0.2) is 0 Å². The monoisotopic (exact) mass is 240 g/mol. The molecule has 1 heterocycles. The lowest BCUT2D eigenvalue weighted by Crippen LogP contribution is -2.46. The highest BCUT2D eigenvalue weighted by Gasteiger charge is 2.33. The summed E-state index contributed by atoms with van der Waals surface area (Å²) in [6, 6.07) is -0.0363. The summed E-state index contributed by atoms with van der Waals surface area (Å²) in [5, 5.41) is 12.9. The van der Waals surface area contributed by atoms with E-state index in [1.54, 1.807) is 4.90 Å². The summed E-state index contributed by atoms with van der Waals surface area (Å²) in [5.74, 6) is 0.426. The summed E-state index contributed by atoms with van der Waals surface area (Å²) >= 11 is 0. The maximum absolute atomic E-state index is 12.4. The van der Waals surface area contributed by atoms with Crippen LogP contribution in [0.25, 0.3) is 0 Å². The molecule has 4 nitrogen and oxygen atoms in total. The maximum Gasteiger partial charge on any atom is 0.225 e. The zero-order chi connectivity index (χ0) is 12.3. The first-order valence-corrected chi connectivity index (χ1v) is 6.85. The highest BCUT2D eigenvalue weighted by Crippen LogP contribution is 2.25. The van der Waals surface area contributed by atoms with Gasteiger partial charge in [0.2, 0.25) is 5.91 Å². The van der Waals surface area contributed by atoms with Crippen LogP contribution in [0.4, 0.5) is 0 Å². The molecule has 2 N–H and O–H groups in total. The molecular formula is C13H24N2O2. The van der Waals surface area contributed by atoms with Crippen molar-refractivity contribution < 1.29 is 9.90 Å². The number of hydrogen-bond acceptors (Lipinski definition) is 3. The number of carbonyl (C=O) groups is 1. The van der Waals surface area contributed by atoms with Crippen molar-refractivity contribution in [3.8, 4) is 0 Å². The second kappa shape index (κ2) is 5.83. The fraction of sp³-hybridized carbons (Fsp3) is 0.923. The molecule has 0 radical (unpaired) electrons. The molecule has 0 aromatic heterocycles. The molecule has 0 aromatic rings. The van der Waals surface area contributed by atoms with Crippen molar-refractivity contribution in [2.24, 2.45) is 5.92 Å². The molecular weight excluding hydrogens is 216 g/mol. The second-order valence-electron chi connectivity index (χ2n) is 5.43. The third-order valence-corrected chi connectivity index (χ3v) is 4.20. The van der Waals surface area contributed by atoms with E-state index in [4.69, 9.17) is 0 Å². The summed E-state index contributed by atoms with van der Waals surface area (Å²) in [5.41, 5.74) is 0. The standard InChI is InChI=1S/C13H24N2O2/c1-15(11-8-14-9-12(11)16)13(17)10-6-4-2-3-5-7-10/h10-12,14,16H,2-9H2,1H3/t11-,12-/m1/s1. The minimum atomic E-state index is -0.408. The number of rotatable bonds is 2. The van der Waals surface area contributed by atoms with Crippen LogP contribution in [-0.2, 0) is 4.79 Å². The molecule has 0 bridgehead atoms. The zero-order valence-corrected chi connectivity index (χ0v) is 10.7. The predicted molar refractivity (Wildman–Crippen MR) is 66.6 cm³/mol. The molecule has 1 saturated heterocycles. The maximum atomic E-state index is 12.4. The van der Waals surface area contributed by atoms with Crippen LogP contribution in [0.1, 0.15) is 38.5 Å². The van der Waals surface area contributed by atoms with Crippen LogP contribution < -0.4 is 5.32 Å². The number of β-amino-alcohol motifs (C(OH)–C–C–N with tert-alkyl or cyclic N) is 1. The Hall–Kier alpha value is -0.610. The Bertz CT molecular complexity index is 262. The quantitative estimate of drug-likeness (QED) is 0.700. The van der Waals surface area contributed by atoms with Crippen molar-refractivity contribution in [3.63, 3.8) is 0 Å². The van der Waals surface area contributed by atoms with Gasteiger partial charge in [-0.1, -0.05) is 25.7 Å². The minimum Gasteiger partial charge on any atom is -0.390 e. The van der Waals surface area contributed by atoms with Gasteiger partial charge in [-0.2, -0.15) is 0 Å². The normalized spacial score (nSPS) is 31.2. The first-order chi connectivity index (χ1) is 8.20. The van der Waals surface area contributed by atoms with E-state index in [0.29, 0.717) is 6.54 Å². The Balaban J connectivity index is 1.93. The molecule has 17 heavy (non-hydrogen) atoms. The van der Waals surface area contributed by atoms with Gasteiger partial charge < -0.3 is 15.3 Å². The minimum absolute atomic E-state index is 0.0363. The van der Waals surface area contributed by atoms with E-state index in [-0.39, 0.29) is 17.9 Å². The first kappa shape index (κ1) is 12.8. The Kier molecular flexibility index (Phi) is 4.40. The lowest BCUT2D eigenvalue weighted by Gasteiger charge is -2.29. The van der Waals surface area contributed by atoms with Gasteiger partial charge in [0, 0.05) is 26.1 Å². The summed E-state index contributed by atoms with van der Waals surface area (Å²) in [6.45, 7) is 1.32. The summed E-state index contributed by atoms with van der Waals surface area (Å²) in [4.78, 5) is 14.1. The van der Waals surface area contributed by atoms with E-state index < -0.39 is 6.10 Å². The fourth-order valence-corrected chi connectivity index (χ4v) is 3.02. The number of likely N-dealkylation sites (N-methyl/N-ethyl adjacent to an activating group) is 1. The molecule has 0 spiro atoms. The Morgan fingerprint density at radius 2 is 1.82 bits per heavy atom. The lowest BCUT2D eigenvalue weighted by atomic mass is 9.98. The Labute approximate surface area is 103 Å². The molecule has 98 valence electrons. The van der Waals surface area contributed by atoms with E-state index >= 15 is 0 Å². The number of nitrogens with zero attached hydrogens (tertiary/aromatic N) is 1.